The predicted octanol–water partition coefficient (Wildman–Crippen LogP) is 5.87. The van der Waals surface area contributed by atoms with Gasteiger partial charge in [0.2, 0.25) is 5.91 Å². The van der Waals surface area contributed by atoms with Crippen molar-refractivity contribution >= 4 is 22.6 Å². The molecular weight excluding hydrogens is 362 g/mol. The molecule has 4 heteroatoms. The van der Waals surface area contributed by atoms with Gasteiger partial charge in [0.05, 0.1) is 0 Å². The number of carbonyl (C=O) groups excluding carboxylic acids is 1. The number of nitrogens with one attached hydrogen (secondary N) is 1. The standard InChI is InChI=1S/C25H35NO3/c1-2-3-4-5-6-7-8-9-10-18-24(27)26-23(25(28)29)19-21-16-13-15-20-14-11-12-17-22(20)21/h11-17,23H,2-10,18-19H2,1H3,(H,26,27)(H,28,29). The summed E-state index contributed by atoms with van der Waals surface area (Å²) in [5.41, 5.74) is 0.943. The van der Waals surface area contributed by atoms with Gasteiger partial charge in [-0.3, -0.25) is 4.79 Å². The van der Waals surface area contributed by atoms with Gasteiger partial charge < -0.3 is 10.4 Å². The number of fused-ring (bicyclic) bond motifs is 1. The zero-order valence-corrected chi connectivity index (χ0v) is 17.7. The van der Waals surface area contributed by atoms with Gasteiger partial charge in [-0.15, -0.1) is 0 Å². The zero-order valence-electron chi connectivity index (χ0n) is 17.7. The molecule has 0 fully saturated rings. The molecular formula is C25H35NO3. The van der Waals surface area contributed by atoms with Crippen LogP contribution in [0.4, 0.5) is 0 Å². The maximum atomic E-state index is 12.2. The minimum absolute atomic E-state index is 0.166. The van der Waals surface area contributed by atoms with Crippen molar-refractivity contribution in [2.75, 3.05) is 0 Å². The van der Waals surface area contributed by atoms with Crippen LogP contribution < -0.4 is 5.32 Å². The number of unbranched alkanes of at least 4 members (excludes halogenated alkanes) is 8. The van der Waals surface area contributed by atoms with Crippen LogP contribution in [0.1, 0.15) is 76.7 Å². The lowest BCUT2D eigenvalue weighted by Gasteiger charge is -2.16. The van der Waals surface area contributed by atoms with Crippen LogP contribution in [0.25, 0.3) is 10.8 Å². The lowest BCUT2D eigenvalue weighted by Crippen LogP contribution is -2.42. The van der Waals surface area contributed by atoms with Crippen LogP contribution in [-0.2, 0) is 16.0 Å². The summed E-state index contributed by atoms with van der Waals surface area (Å²) in [6.07, 6.45) is 11.4. The fraction of sp³-hybridized carbons (Fsp3) is 0.520. The number of hydrogen-bond donors (Lipinski definition) is 2. The summed E-state index contributed by atoms with van der Waals surface area (Å²) >= 11 is 0. The van der Waals surface area contributed by atoms with Crippen molar-refractivity contribution in [2.24, 2.45) is 0 Å². The molecule has 0 spiro atoms. The van der Waals surface area contributed by atoms with Gasteiger partial charge in [0.15, 0.2) is 0 Å². The number of amides is 1. The molecule has 0 saturated carbocycles. The highest BCUT2D eigenvalue weighted by Gasteiger charge is 2.21. The van der Waals surface area contributed by atoms with Crippen molar-refractivity contribution in [3.8, 4) is 0 Å². The van der Waals surface area contributed by atoms with Gasteiger partial charge in [0, 0.05) is 12.8 Å². The largest absolute Gasteiger partial charge is 0.480 e. The first-order chi connectivity index (χ1) is 14.1. The van der Waals surface area contributed by atoms with E-state index in [1.165, 1.54) is 38.5 Å². The summed E-state index contributed by atoms with van der Waals surface area (Å²) in [4.78, 5) is 23.9. The quantitative estimate of drug-likeness (QED) is 0.392. The average Bonchev–Trinajstić information content (AvgIpc) is 2.72. The first kappa shape index (κ1) is 22.9. The maximum Gasteiger partial charge on any atom is 0.326 e. The molecule has 0 heterocycles. The first-order valence-electron chi connectivity index (χ1n) is 11.1. The maximum absolute atomic E-state index is 12.2. The monoisotopic (exact) mass is 397 g/mol. The van der Waals surface area contributed by atoms with Crippen LogP contribution in [0.15, 0.2) is 42.5 Å². The molecule has 1 amide bonds. The van der Waals surface area contributed by atoms with Crippen LogP contribution in [0.2, 0.25) is 0 Å². The lowest BCUT2D eigenvalue weighted by molar-refractivity contribution is -0.141. The molecule has 4 nitrogen and oxygen atoms in total. The van der Waals surface area contributed by atoms with E-state index in [4.69, 9.17) is 0 Å². The molecule has 158 valence electrons. The number of rotatable bonds is 14. The second kappa shape index (κ2) is 13.0. The molecule has 0 bridgehead atoms. The highest BCUT2D eigenvalue weighted by molar-refractivity contribution is 5.88. The summed E-state index contributed by atoms with van der Waals surface area (Å²) in [7, 11) is 0. The van der Waals surface area contributed by atoms with Crippen LogP contribution >= 0.6 is 0 Å². The molecule has 2 aromatic carbocycles. The van der Waals surface area contributed by atoms with Crippen molar-refractivity contribution in [2.45, 2.75) is 83.6 Å². The van der Waals surface area contributed by atoms with Gasteiger partial charge in [-0.2, -0.15) is 0 Å². The van der Waals surface area contributed by atoms with E-state index < -0.39 is 12.0 Å². The molecule has 0 aliphatic carbocycles. The van der Waals surface area contributed by atoms with Crippen molar-refractivity contribution in [3.05, 3.63) is 48.0 Å². The molecule has 1 atom stereocenters. The second-order valence-corrected chi connectivity index (χ2v) is 7.88. The minimum atomic E-state index is -0.988. The van der Waals surface area contributed by atoms with Gasteiger partial charge in [0.25, 0.3) is 0 Å². The topological polar surface area (TPSA) is 66.4 Å². The van der Waals surface area contributed by atoms with E-state index in [1.54, 1.807) is 0 Å². The third kappa shape index (κ3) is 8.26. The van der Waals surface area contributed by atoms with Gasteiger partial charge in [-0.1, -0.05) is 101 Å². The fourth-order valence-corrected chi connectivity index (χ4v) is 3.75. The Hall–Kier alpha value is -2.36. The van der Waals surface area contributed by atoms with E-state index >= 15 is 0 Å². The van der Waals surface area contributed by atoms with E-state index in [1.807, 2.05) is 42.5 Å². The zero-order chi connectivity index (χ0) is 20.9. The highest BCUT2D eigenvalue weighted by Crippen LogP contribution is 2.20. The van der Waals surface area contributed by atoms with Crippen LogP contribution in [-0.4, -0.2) is 23.0 Å². The van der Waals surface area contributed by atoms with E-state index in [2.05, 4.69) is 12.2 Å². The lowest BCUT2D eigenvalue weighted by atomic mass is 9.98. The molecule has 2 aromatic rings. The number of hydrogen-bond acceptors (Lipinski definition) is 2. The Morgan fingerprint density at radius 1 is 0.862 bits per heavy atom. The summed E-state index contributed by atoms with van der Waals surface area (Å²) in [5.74, 6) is -1.15. The SMILES string of the molecule is CCCCCCCCCCCC(=O)NC(Cc1cccc2ccccc12)C(=O)O. The number of benzene rings is 2. The molecule has 0 aliphatic rings. The molecule has 2 N–H and O–H groups in total. The first-order valence-corrected chi connectivity index (χ1v) is 11.1. The molecule has 0 saturated heterocycles. The van der Waals surface area contributed by atoms with Crippen molar-refractivity contribution in [3.63, 3.8) is 0 Å². The van der Waals surface area contributed by atoms with Crippen LogP contribution in [0.3, 0.4) is 0 Å². The Labute approximate surface area is 174 Å². The van der Waals surface area contributed by atoms with E-state index in [0.29, 0.717) is 12.8 Å². The Bertz CT molecular complexity index is 766. The molecule has 2 rings (SSSR count). The van der Waals surface area contributed by atoms with Crippen molar-refractivity contribution in [1.29, 1.82) is 0 Å². The van der Waals surface area contributed by atoms with Crippen LogP contribution in [0, 0.1) is 0 Å². The number of carbonyl (C=O) groups is 2. The molecule has 1 unspecified atom stereocenters. The summed E-state index contributed by atoms with van der Waals surface area (Å²) < 4.78 is 0. The number of carboxylic acid groups (broad SMARTS) is 1. The van der Waals surface area contributed by atoms with Gasteiger partial charge in [-0.25, -0.2) is 4.79 Å². The molecule has 0 radical (unpaired) electrons. The van der Waals surface area contributed by atoms with E-state index in [0.717, 1.165) is 35.6 Å². The van der Waals surface area contributed by atoms with Gasteiger partial charge in [0.1, 0.15) is 6.04 Å². The number of aliphatic carboxylic acids is 1. The summed E-state index contributed by atoms with van der Waals surface area (Å²) in [6, 6.07) is 12.9. The highest BCUT2D eigenvalue weighted by atomic mass is 16.4. The van der Waals surface area contributed by atoms with Crippen molar-refractivity contribution in [1.82, 2.24) is 5.32 Å². The van der Waals surface area contributed by atoms with Gasteiger partial charge >= 0.3 is 5.97 Å². The Kier molecular flexibility index (Phi) is 10.3. The van der Waals surface area contributed by atoms with Crippen molar-refractivity contribution < 1.29 is 14.7 Å². The molecule has 0 aromatic heterocycles. The van der Waals surface area contributed by atoms with Crippen LogP contribution in [0.5, 0.6) is 0 Å². The second-order valence-electron chi connectivity index (χ2n) is 7.88. The Balaban J connectivity index is 1.74. The summed E-state index contributed by atoms with van der Waals surface area (Å²) in [5, 5.41) is 14.4. The molecule has 0 aliphatic heterocycles. The molecule has 29 heavy (non-hydrogen) atoms. The van der Waals surface area contributed by atoms with E-state index in [9.17, 15) is 14.7 Å². The van der Waals surface area contributed by atoms with E-state index in [-0.39, 0.29) is 5.91 Å². The summed E-state index contributed by atoms with van der Waals surface area (Å²) in [6.45, 7) is 2.22. The smallest absolute Gasteiger partial charge is 0.326 e. The third-order valence-corrected chi connectivity index (χ3v) is 5.44. The fourth-order valence-electron chi connectivity index (χ4n) is 3.75. The normalized spacial score (nSPS) is 12.0. The Morgan fingerprint density at radius 2 is 1.48 bits per heavy atom. The predicted molar refractivity (Wildman–Crippen MR) is 119 cm³/mol. The minimum Gasteiger partial charge on any atom is -0.480 e. The average molecular weight is 398 g/mol. The number of carboxylic acids is 1. The third-order valence-electron chi connectivity index (χ3n) is 5.44. The van der Waals surface area contributed by atoms with Gasteiger partial charge in [-0.05, 0) is 22.8 Å². The Morgan fingerprint density at radius 3 is 2.17 bits per heavy atom.